The molecule has 1 fully saturated rings. The fourth-order valence-electron chi connectivity index (χ4n) is 2.39. The average Bonchev–Trinajstić information content (AvgIpc) is 2.63. The maximum absolute atomic E-state index is 3.52. The third-order valence-electron chi connectivity index (χ3n) is 3.22. The van der Waals surface area contributed by atoms with Crippen molar-refractivity contribution in [2.24, 2.45) is 0 Å². The lowest BCUT2D eigenvalue weighted by Gasteiger charge is -2.24. The molecule has 0 aromatic rings. The highest BCUT2D eigenvalue weighted by atomic mass is 79.9. The Morgan fingerprint density at radius 3 is 2.86 bits per heavy atom. The van der Waals surface area contributed by atoms with E-state index in [0.29, 0.717) is 0 Å². The van der Waals surface area contributed by atoms with E-state index < -0.39 is 0 Å². The van der Waals surface area contributed by atoms with Crippen LogP contribution in [0.3, 0.4) is 0 Å². The van der Waals surface area contributed by atoms with Crippen LogP contribution in [-0.2, 0) is 0 Å². The molecule has 84 valence electrons. The number of hydrogen-bond donors (Lipinski definition) is 0. The predicted molar refractivity (Wildman–Crippen MR) is 67.1 cm³/mol. The smallest absolute Gasteiger partial charge is 0.00960 e. The fourth-order valence-corrected chi connectivity index (χ4v) is 2.72. The van der Waals surface area contributed by atoms with E-state index in [1.807, 2.05) is 0 Å². The lowest BCUT2D eigenvalue weighted by Crippen LogP contribution is -2.30. The van der Waals surface area contributed by atoms with Gasteiger partial charge < -0.3 is 4.90 Å². The Labute approximate surface area is 97.4 Å². The molecule has 1 unspecified atom stereocenters. The number of halogens is 1. The zero-order valence-corrected chi connectivity index (χ0v) is 11.1. The molecule has 1 aliphatic heterocycles. The number of hydrogen-bond acceptors (Lipinski definition) is 1. The van der Waals surface area contributed by atoms with Gasteiger partial charge >= 0.3 is 0 Å². The van der Waals surface area contributed by atoms with E-state index in [9.17, 15) is 0 Å². The van der Waals surface area contributed by atoms with Crippen LogP contribution < -0.4 is 0 Å². The Morgan fingerprint density at radius 1 is 1.29 bits per heavy atom. The first-order valence-electron chi connectivity index (χ1n) is 6.18. The van der Waals surface area contributed by atoms with Crippen molar-refractivity contribution in [3.8, 4) is 0 Å². The molecular formula is C12H24BrN. The summed E-state index contributed by atoms with van der Waals surface area (Å²) in [4.78, 5) is 2.72. The van der Waals surface area contributed by atoms with Gasteiger partial charge in [-0.1, -0.05) is 35.7 Å². The second-order valence-corrected chi connectivity index (χ2v) is 5.16. The van der Waals surface area contributed by atoms with Crippen LogP contribution in [0.2, 0.25) is 0 Å². The molecule has 14 heavy (non-hydrogen) atoms. The molecule has 0 spiro atoms. The van der Waals surface area contributed by atoms with Crippen molar-refractivity contribution in [3.05, 3.63) is 0 Å². The number of alkyl halides is 1. The molecule has 1 nitrogen and oxygen atoms in total. The molecule has 0 bridgehead atoms. The normalized spacial score (nSPS) is 23.1. The van der Waals surface area contributed by atoms with E-state index in [0.717, 1.165) is 6.04 Å². The molecule has 0 amide bonds. The van der Waals surface area contributed by atoms with Crippen molar-refractivity contribution in [1.82, 2.24) is 4.90 Å². The zero-order chi connectivity index (χ0) is 10.2. The molecule has 0 saturated carbocycles. The molecule has 0 aliphatic carbocycles. The number of rotatable bonds is 7. The number of unbranched alkanes of at least 4 members (excludes halogenated alkanes) is 2. The minimum Gasteiger partial charge on any atom is -0.300 e. The summed E-state index contributed by atoms with van der Waals surface area (Å²) in [6.45, 7) is 4.99. The molecule has 1 rings (SSSR count). The van der Waals surface area contributed by atoms with Crippen molar-refractivity contribution >= 4 is 15.9 Å². The first kappa shape index (κ1) is 12.5. The molecule has 1 saturated heterocycles. The van der Waals surface area contributed by atoms with Crippen molar-refractivity contribution < 1.29 is 0 Å². The Hall–Kier alpha value is 0.440. The van der Waals surface area contributed by atoms with Gasteiger partial charge in [0.2, 0.25) is 0 Å². The average molecular weight is 262 g/mol. The van der Waals surface area contributed by atoms with Gasteiger partial charge in [0.15, 0.2) is 0 Å². The molecule has 2 heteroatoms. The van der Waals surface area contributed by atoms with Gasteiger partial charge in [-0.15, -0.1) is 0 Å². The van der Waals surface area contributed by atoms with Crippen molar-refractivity contribution in [2.75, 3.05) is 18.4 Å². The SMILES string of the molecule is CCCCCN1CCCC1CCCBr. The summed E-state index contributed by atoms with van der Waals surface area (Å²) in [5, 5.41) is 1.17. The third-order valence-corrected chi connectivity index (χ3v) is 3.78. The predicted octanol–water partition coefficient (Wildman–Crippen LogP) is 3.82. The van der Waals surface area contributed by atoms with E-state index in [1.54, 1.807) is 0 Å². The molecule has 0 N–H and O–H groups in total. The van der Waals surface area contributed by atoms with Gasteiger partial charge in [-0.05, 0) is 45.2 Å². The highest BCUT2D eigenvalue weighted by molar-refractivity contribution is 9.09. The van der Waals surface area contributed by atoms with Gasteiger partial charge in [0.05, 0.1) is 0 Å². The van der Waals surface area contributed by atoms with Crippen LogP contribution >= 0.6 is 15.9 Å². The number of nitrogens with zero attached hydrogens (tertiary/aromatic N) is 1. The lowest BCUT2D eigenvalue weighted by molar-refractivity contribution is 0.237. The quantitative estimate of drug-likeness (QED) is 0.498. The Balaban J connectivity index is 2.14. The molecule has 1 aliphatic rings. The van der Waals surface area contributed by atoms with Gasteiger partial charge in [0.25, 0.3) is 0 Å². The fraction of sp³-hybridized carbons (Fsp3) is 1.00. The summed E-state index contributed by atoms with van der Waals surface area (Å²) in [6.07, 6.45) is 9.77. The highest BCUT2D eigenvalue weighted by Gasteiger charge is 2.22. The van der Waals surface area contributed by atoms with Crippen LogP contribution in [0.5, 0.6) is 0 Å². The third kappa shape index (κ3) is 4.31. The standard InChI is InChI=1S/C12H24BrN/c1-2-3-4-10-14-11-6-8-12(14)7-5-9-13/h12H,2-11H2,1H3. The van der Waals surface area contributed by atoms with Crippen molar-refractivity contribution in [3.63, 3.8) is 0 Å². The largest absolute Gasteiger partial charge is 0.300 e. The summed E-state index contributed by atoms with van der Waals surface area (Å²) in [7, 11) is 0. The van der Waals surface area contributed by atoms with Gasteiger partial charge in [-0.25, -0.2) is 0 Å². The molecule has 0 aromatic heterocycles. The minimum atomic E-state index is 0.907. The van der Waals surface area contributed by atoms with Crippen LogP contribution in [0.15, 0.2) is 0 Å². The zero-order valence-electron chi connectivity index (χ0n) is 9.47. The van der Waals surface area contributed by atoms with E-state index in [4.69, 9.17) is 0 Å². The first-order chi connectivity index (χ1) is 6.88. The van der Waals surface area contributed by atoms with E-state index >= 15 is 0 Å². The summed E-state index contributed by atoms with van der Waals surface area (Å²) in [6, 6.07) is 0.907. The van der Waals surface area contributed by atoms with Gasteiger partial charge in [-0.2, -0.15) is 0 Å². The van der Waals surface area contributed by atoms with E-state index in [1.165, 1.54) is 63.4 Å². The second-order valence-electron chi connectivity index (χ2n) is 4.37. The summed E-state index contributed by atoms with van der Waals surface area (Å²) in [5.74, 6) is 0. The van der Waals surface area contributed by atoms with Crippen LogP contribution in [0.4, 0.5) is 0 Å². The number of likely N-dealkylation sites (tertiary alicyclic amines) is 1. The molecule has 1 atom stereocenters. The Morgan fingerprint density at radius 2 is 2.14 bits per heavy atom. The van der Waals surface area contributed by atoms with Gasteiger partial charge in [0.1, 0.15) is 0 Å². The molecule has 1 heterocycles. The van der Waals surface area contributed by atoms with E-state index in [-0.39, 0.29) is 0 Å². The monoisotopic (exact) mass is 261 g/mol. The van der Waals surface area contributed by atoms with Gasteiger partial charge in [-0.3, -0.25) is 0 Å². The summed E-state index contributed by atoms with van der Waals surface area (Å²) >= 11 is 3.52. The summed E-state index contributed by atoms with van der Waals surface area (Å²) in [5.41, 5.74) is 0. The van der Waals surface area contributed by atoms with Crippen LogP contribution in [0.1, 0.15) is 51.9 Å². The van der Waals surface area contributed by atoms with Crippen LogP contribution in [-0.4, -0.2) is 29.4 Å². The van der Waals surface area contributed by atoms with Crippen LogP contribution in [0, 0.1) is 0 Å². The first-order valence-corrected chi connectivity index (χ1v) is 7.30. The maximum Gasteiger partial charge on any atom is 0.00960 e. The lowest BCUT2D eigenvalue weighted by atomic mass is 10.1. The maximum atomic E-state index is 3.52. The Bertz CT molecular complexity index is 138. The molecule has 0 radical (unpaired) electrons. The highest BCUT2D eigenvalue weighted by Crippen LogP contribution is 2.22. The minimum absolute atomic E-state index is 0.907. The molecule has 0 aromatic carbocycles. The van der Waals surface area contributed by atoms with E-state index in [2.05, 4.69) is 27.8 Å². The van der Waals surface area contributed by atoms with Crippen molar-refractivity contribution in [2.45, 2.75) is 57.9 Å². The molecular weight excluding hydrogens is 238 g/mol. The second kappa shape index (κ2) is 7.70. The Kier molecular flexibility index (Phi) is 6.88. The summed E-state index contributed by atoms with van der Waals surface area (Å²) < 4.78 is 0. The van der Waals surface area contributed by atoms with Crippen molar-refractivity contribution in [1.29, 1.82) is 0 Å². The van der Waals surface area contributed by atoms with Crippen LogP contribution in [0.25, 0.3) is 0 Å². The topological polar surface area (TPSA) is 3.24 Å². The van der Waals surface area contributed by atoms with Gasteiger partial charge in [0, 0.05) is 11.4 Å².